The first-order valence-corrected chi connectivity index (χ1v) is 4.90. The van der Waals surface area contributed by atoms with Crippen molar-refractivity contribution < 1.29 is 4.74 Å². The van der Waals surface area contributed by atoms with Gasteiger partial charge in [-0.3, -0.25) is 0 Å². The number of methoxy groups -OCH3 is 1. The maximum absolute atomic E-state index is 5.63. The summed E-state index contributed by atoms with van der Waals surface area (Å²) < 4.78 is 5.24. The predicted molar refractivity (Wildman–Crippen MR) is 58.6 cm³/mol. The summed E-state index contributed by atoms with van der Waals surface area (Å²) in [6.07, 6.45) is 0. The largest absolute Gasteiger partial charge is 0.496 e. The molecule has 0 aliphatic heterocycles. The number of benzene rings is 1. The van der Waals surface area contributed by atoms with E-state index in [2.05, 4.69) is 12.6 Å². The third-order valence-electron chi connectivity index (χ3n) is 2.08. The number of hydrogen-bond donors (Lipinski definition) is 2. The minimum Gasteiger partial charge on any atom is -0.496 e. The molecule has 0 aliphatic carbocycles. The monoisotopic (exact) mass is 197 g/mol. The van der Waals surface area contributed by atoms with Gasteiger partial charge in [-0.15, -0.1) is 0 Å². The van der Waals surface area contributed by atoms with E-state index in [1.165, 1.54) is 0 Å². The molecule has 0 bridgehead atoms. The van der Waals surface area contributed by atoms with Crippen molar-refractivity contribution in [3.63, 3.8) is 0 Å². The molecule has 1 aromatic rings. The van der Waals surface area contributed by atoms with E-state index in [0.29, 0.717) is 6.54 Å². The van der Waals surface area contributed by atoms with Crippen molar-refractivity contribution in [1.82, 2.24) is 0 Å². The number of thiol groups is 1. The van der Waals surface area contributed by atoms with E-state index in [1.807, 2.05) is 24.3 Å². The topological polar surface area (TPSA) is 35.2 Å². The van der Waals surface area contributed by atoms with Crippen LogP contribution in [0.2, 0.25) is 0 Å². The Kier molecular flexibility index (Phi) is 4.12. The molecular weight excluding hydrogens is 182 g/mol. The zero-order valence-electron chi connectivity index (χ0n) is 7.73. The van der Waals surface area contributed by atoms with Crippen LogP contribution in [-0.2, 0) is 0 Å². The molecule has 1 aromatic carbocycles. The van der Waals surface area contributed by atoms with Gasteiger partial charge in [0.15, 0.2) is 0 Å². The number of nitrogens with two attached hydrogens (primary N) is 1. The van der Waals surface area contributed by atoms with E-state index in [4.69, 9.17) is 10.5 Å². The minimum absolute atomic E-state index is 0.277. The van der Waals surface area contributed by atoms with Gasteiger partial charge in [-0.2, -0.15) is 12.6 Å². The van der Waals surface area contributed by atoms with Gasteiger partial charge in [0.05, 0.1) is 7.11 Å². The van der Waals surface area contributed by atoms with Crippen molar-refractivity contribution in [1.29, 1.82) is 0 Å². The van der Waals surface area contributed by atoms with Crippen LogP contribution in [0.4, 0.5) is 0 Å². The molecule has 72 valence electrons. The minimum atomic E-state index is 0.277. The number of para-hydroxylation sites is 1. The molecule has 13 heavy (non-hydrogen) atoms. The fraction of sp³-hybridized carbons (Fsp3) is 0.400. The Morgan fingerprint density at radius 2 is 2.15 bits per heavy atom. The molecule has 2 N–H and O–H groups in total. The van der Waals surface area contributed by atoms with Crippen LogP contribution >= 0.6 is 12.6 Å². The normalized spacial score (nSPS) is 12.5. The van der Waals surface area contributed by atoms with Gasteiger partial charge in [0, 0.05) is 12.5 Å². The van der Waals surface area contributed by atoms with Gasteiger partial charge >= 0.3 is 0 Å². The second kappa shape index (κ2) is 5.14. The summed E-state index contributed by atoms with van der Waals surface area (Å²) in [6.45, 7) is 0.601. The lowest BCUT2D eigenvalue weighted by Crippen LogP contribution is -2.14. The van der Waals surface area contributed by atoms with E-state index in [0.717, 1.165) is 17.1 Å². The Balaban J connectivity index is 2.96. The molecule has 0 fully saturated rings. The number of ether oxygens (including phenoxy) is 1. The molecule has 0 spiro atoms. The lowest BCUT2D eigenvalue weighted by Gasteiger charge is -2.15. The van der Waals surface area contributed by atoms with E-state index < -0.39 is 0 Å². The van der Waals surface area contributed by atoms with Gasteiger partial charge in [-0.25, -0.2) is 0 Å². The highest BCUT2D eigenvalue weighted by molar-refractivity contribution is 7.80. The van der Waals surface area contributed by atoms with Gasteiger partial charge in [-0.1, -0.05) is 18.2 Å². The Labute approximate surface area is 84.5 Å². The first kappa shape index (κ1) is 10.4. The molecule has 0 aromatic heterocycles. The molecule has 0 saturated carbocycles. The summed E-state index contributed by atoms with van der Waals surface area (Å²) in [5.41, 5.74) is 6.78. The first-order chi connectivity index (χ1) is 6.33. The summed E-state index contributed by atoms with van der Waals surface area (Å²) in [5, 5.41) is 0. The van der Waals surface area contributed by atoms with Crippen LogP contribution in [0.1, 0.15) is 11.5 Å². The fourth-order valence-corrected chi connectivity index (χ4v) is 1.65. The zero-order valence-corrected chi connectivity index (χ0v) is 8.63. The first-order valence-electron chi connectivity index (χ1n) is 4.27. The Bertz CT molecular complexity index is 261. The predicted octanol–water partition coefficient (Wildman–Crippen LogP) is 1.67. The van der Waals surface area contributed by atoms with Crippen molar-refractivity contribution in [3.05, 3.63) is 29.8 Å². The summed E-state index contributed by atoms with van der Waals surface area (Å²) >= 11 is 4.26. The maximum atomic E-state index is 5.63. The molecule has 0 radical (unpaired) electrons. The van der Waals surface area contributed by atoms with Crippen LogP contribution in [0.15, 0.2) is 24.3 Å². The molecular formula is C10H15NOS. The third-order valence-corrected chi connectivity index (χ3v) is 2.52. The molecule has 1 unspecified atom stereocenters. The highest BCUT2D eigenvalue weighted by Crippen LogP contribution is 2.26. The Morgan fingerprint density at radius 1 is 1.46 bits per heavy atom. The zero-order chi connectivity index (χ0) is 9.68. The highest BCUT2D eigenvalue weighted by atomic mass is 32.1. The quantitative estimate of drug-likeness (QED) is 0.720. The van der Waals surface area contributed by atoms with Crippen molar-refractivity contribution >= 4 is 12.6 Å². The molecule has 2 nitrogen and oxygen atoms in total. The molecule has 1 rings (SSSR count). The third kappa shape index (κ3) is 2.39. The van der Waals surface area contributed by atoms with Crippen LogP contribution in [0.5, 0.6) is 5.75 Å². The average Bonchev–Trinajstić information content (AvgIpc) is 2.20. The molecule has 0 aliphatic rings. The molecule has 0 saturated heterocycles. The van der Waals surface area contributed by atoms with E-state index in [-0.39, 0.29) is 5.92 Å². The highest BCUT2D eigenvalue weighted by Gasteiger charge is 2.11. The van der Waals surface area contributed by atoms with Crippen molar-refractivity contribution in [2.75, 3.05) is 19.4 Å². The fourth-order valence-electron chi connectivity index (χ4n) is 1.30. The van der Waals surface area contributed by atoms with Crippen molar-refractivity contribution in [2.45, 2.75) is 5.92 Å². The molecule has 3 heteroatoms. The SMILES string of the molecule is COc1ccccc1C(CN)CS. The number of hydrogen-bond acceptors (Lipinski definition) is 3. The Morgan fingerprint density at radius 3 is 2.69 bits per heavy atom. The van der Waals surface area contributed by atoms with Crippen LogP contribution < -0.4 is 10.5 Å². The van der Waals surface area contributed by atoms with Crippen LogP contribution in [-0.4, -0.2) is 19.4 Å². The van der Waals surface area contributed by atoms with E-state index in [9.17, 15) is 0 Å². The van der Waals surface area contributed by atoms with Gasteiger partial charge in [0.1, 0.15) is 5.75 Å². The lowest BCUT2D eigenvalue weighted by atomic mass is 10.0. The number of rotatable bonds is 4. The van der Waals surface area contributed by atoms with Crippen molar-refractivity contribution in [3.8, 4) is 5.75 Å². The summed E-state index contributed by atoms with van der Waals surface area (Å²) in [6, 6.07) is 7.92. The van der Waals surface area contributed by atoms with Crippen LogP contribution in [0.25, 0.3) is 0 Å². The van der Waals surface area contributed by atoms with Crippen LogP contribution in [0, 0.1) is 0 Å². The van der Waals surface area contributed by atoms with Gasteiger partial charge < -0.3 is 10.5 Å². The molecule has 1 atom stereocenters. The Hall–Kier alpha value is -0.670. The molecule has 0 heterocycles. The van der Waals surface area contributed by atoms with Gasteiger partial charge in [0.2, 0.25) is 0 Å². The van der Waals surface area contributed by atoms with Gasteiger partial charge in [0.25, 0.3) is 0 Å². The summed E-state index contributed by atoms with van der Waals surface area (Å²) in [5.74, 6) is 1.92. The molecule has 0 amide bonds. The second-order valence-corrected chi connectivity index (χ2v) is 3.22. The van der Waals surface area contributed by atoms with Crippen molar-refractivity contribution in [2.24, 2.45) is 5.73 Å². The summed E-state index contributed by atoms with van der Waals surface area (Å²) in [4.78, 5) is 0. The smallest absolute Gasteiger partial charge is 0.122 e. The standard InChI is InChI=1S/C10H15NOS/c1-12-10-5-3-2-4-9(10)8(6-11)7-13/h2-5,8,13H,6-7,11H2,1H3. The van der Waals surface area contributed by atoms with E-state index in [1.54, 1.807) is 7.11 Å². The summed E-state index contributed by atoms with van der Waals surface area (Å²) in [7, 11) is 1.67. The average molecular weight is 197 g/mol. The van der Waals surface area contributed by atoms with Gasteiger partial charge in [-0.05, 0) is 17.4 Å². The second-order valence-electron chi connectivity index (χ2n) is 2.86. The maximum Gasteiger partial charge on any atom is 0.122 e. The van der Waals surface area contributed by atoms with Crippen LogP contribution in [0.3, 0.4) is 0 Å². The lowest BCUT2D eigenvalue weighted by molar-refractivity contribution is 0.407. The van der Waals surface area contributed by atoms with E-state index >= 15 is 0 Å².